The molecular weight excluding hydrogens is 388 g/mol. The first-order valence-electron chi connectivity index (χ1n) is 9.21. The molecule has 1 unspecified atom stereocenters. The van der Waals surface area contributed by atoms with Crippen LogP contribution in [-0.2, 0) is 15.1 Å². The molecule has 0 saturated heterocycles. The summed E-state index contributed by atoms with van der Waals surface area (Å²) in [7, 11) is 1.55. The van der Waals surface area contributed by atoms with E-state index in [1.807, 2.05) is 18.2 Å². The quantitative estimate of drug-likeness (QED) is 0.663. The van der Waals surface area contributed by atoms with Gasteiger partial charge in [-0.05, 0) is 30.3 Å². The molecule has 1 atom stereocenters. The predicted octanol–water partition coefficient (Wildman–Crippen LogP) is 3.73. The monoisotopic (exact) mass is 404 g/mol. The van der Waals surface area contributed by atoms with Crippen molar-refractivity contribution < 1.29 is 33.6 Å². The maximum atomic E-state index is 12.7. The van der Waals surface area contributed by atoms with Gasteiger partial charge in [-0.15, -0.1) is 0 Å². The Kier molecular flexibility index (Phi) is 3.92. The zero-order valence-corrected chi connectivity index (χ0v) is 15.9. The van der Waals surface area contributed by atoms with E-state index in [2.05, 4.69) is 0 Å². The molecule has 0 radical (unpaired) electrons. The van der Waals surface area contributed by atoms with Crippen LogP contribution in [0, 0.1) is 0 Å². The molecule has 2 aliphatic rings. The van der Waals surface area contributed by atoms with Crippen molar-refractivity contribution in [3.63, 3.8) is 0 Å². The van der Waals surface area contributed by atoms with Crippen molar-refractivity contribution in [1.29, 1.82) is 0 Å². The van der Waals surface area contributed by atoms with Crippen molar-refractivity contribution in [2.45, 2.75) is 5.60 Å². The van der Waals surface area contributed by atoms with Crippen molar-refractivity contribution >= 4 is 11.9 Å². The highest BCUT2D eigenvalue weighted by molar-refractivity contribution is 5.97. The molecular formula is C23H16O7. The Balaban J connectivity index is 1.74. The Morgan fingerprint density at radius 2 is 1.63 bits per heavy atom. The van der Waals surface area contributed by atoms with Gasteiger partial charge in [-0.1, -0.05) is 18.2 Å². The minimum absolute atomic E-state index is 0.329. The average molecular weight is 404 g/mol. The standard InChI is InChI=1S/C23H16O7/c1-27-13-6-8-17-19(10-13)29-20-11-14(28-12-21(24)25)7-9-18(20)23(17)16-5-3-2-4-15(16)22(26)30-23/h2-11H,12H2,1H3,(H,24,25). The number of fused-ring (bicyclic) bond motifs is 6. The van der Waals surface area contributed by atoms with E-state index in [9.17, 15) is 9.59 Å². The number of hydrogen-bond acceptors (Lipinski definition) is 6. The summed E-state index contributed by atoms with van der Waals surface area (Å²) in [5, 5.41) is 8.88. The van der Waals surface area contributed by atoms with Crippen molar-refractivity contribution in [3.05, 3.63) is 82.9 Å². The number of rotatable bonds is 4. The Bertz CT molecular complexity index is 1200. The second kappa shape index (κ2) is 6.52. The summed E-state index contributed by atoms with van der Waals surface area (Å²) in [6.07, 6.45) is 0. The topological polar surface area (TPSA) is 91.3 Å². The van der Waals surface area contributed by atoms with Gasteiger partial charge in [0.05, 0.1) is 12.7 Å². The van der Waals surface area contributed by atoms with Gasteiger partial charge in [0.15, 0.2) is 12.2 Å². The number of esters is 1. The maximum Gasteiger partial charge on any atom is 0.341 e. The van der Waals surface area contributed by atoms with E-state index >= 15 is 0 Å². The number of carbonyl (C=O) groups is 2. The van der Waals surface area contributed by atoms with Crippen LogP contribution in [0.5, 0.6) is 23.0 Å². The van der Waals surface area contributed by atoms with Gasteiger partial charge in [-0.25, -0.2) is 9.59 Å². The smallest absolute Gasteiger partial charge is 0.341 e. The predicted molar refractivity (Wildman–Crippen MR) is 104 cm³/mol. The molecule has 0 amide bonds. The lowest BCUT2D eigenvalue weighted by atomic mass is 9.77. The fourth-order valence-corrected chi connectivity index (χ4v) is 4.00. The molecule has 0 saturated carbocycles. The summed E-state index contributed by atoms with van der Waals surface area (Å²) in [6.45, 7) is -0.480. The Morgan fingerprint density at radius 1 is 0.967 bits per heavy atom. The highest BCUT2D eigenvalue weighted by atomic mass is 16.6. The highest BCUT2D eigenvalue weighted by Gasteiger charge is 2.53. The number of carboxylic acid groups (broad SMARTS) is 1. The molecule has 3 aromatic carbocycles. The summed E-state index contributed by atoms with van der Waals surface area (Å²) in [5.41, 5.74) is 1.31. The molecule has 2 aliphatic heterocycles. The normalized spacial score (nSPS) is 18.0. The second-order valence-corrected chi connectivity index (χ2v) is 6.92. The third kappa shape index (κ3) is 2.52. The molecule has 1 spiro atoms. The SMILES string of the molecule is COc1ccc2c(c1)Oc1cc(OCC(=O)O)ccc1C21OC(=O)c2ccccc21. The summed E-state index contributed by atoms with van der Waals surface area (Å²) in [4.78, 5) is 23.6. The molecule has 0 fully saturated rings. The second-order valence-electron chi connectivity index (χ2n) is 6.92. The molecule has 3 aromatic rings. The van der Waals surface area contributed by atoms with E-state index in [0.717, 1.165) is 0 Å². The minimum Gasteiger partial charge on any atom is -0.497 e. The Hall–Kier alpha value is -4.00. The van der Waals surface area contributed by atoms with Crippen LogP contribution in [-0.4, -0.2) is 30.8 Å². The number of carbonyl (C=O) groups excluding carboxylic acids is 1. The molecule has 150 valence electrons. The van der Waals surface area contributed by atoms with E-state index in [4.69, 9.17) is 24.1 Å². The largest absolute Gasteiger partial charge is 0.497 e. The Morgan fingerprint density at radius 3 is 2.33 bits per heavy atom. The molecule has 7 nitrogen and oxygen atoms in total. The maximum absolute atomic E-state index is 12.7. The van der Waals surface area contributed by atoms with Gasteiger partial charge < -0.3 is 24.1 Å². The molecule has 0 bridgehead atoms. The molecule has 0 aliphatic carbocycles. The first-order chi connectivity index (χ1) is 14.5. The van der Waals surface area contributed by atoms with Crippen LogP contribution in [0.1, 0.15) is 27.0 Å². The fraction of sp³-hybridized carbons (Fsp3) is 0.130. The number of ether oxygens (including phenoxy) is 4. The van der Waals surface area contributed by atoms with Gasteiger partial charge in [-0.3, -0.25) is 0 Å². The van der Waals surface area contributed by atoms with Gasteiger partial charge in [0.1, 0.15) is 23.0 Å². The van der Waals surface area contributed by atoms with Gasteiger partial charge in [0, 0.05) is 28.8 Å². The molecule has 1 N–H and O–H groups in total. The summed E-state index contributed by atoms with van der Waals surface area (Å²) in [6, 6.07) is 17.5. The number of benzene rings is 3. The van der Waals surface area contributed by atoms with Crippen LogP contribution in [0.25, 0.3) is 0 Å². The summed E-state index contributed by atoms with van der Waals surface area (Å²) >= 11 is 0. The lowest BCUT2D eigenvalue weighted by Gasteiger charge is -2.36. The van der Waals surface area contributed by atoms with Crippen molar-refractivity contribution in [3.8, 4) is 23.0 Å². The number of carboxylic acids is 1. The van der Waals surface area contributed by atoms with E-state index < -0.39 is 24.1 Å². The van der Waals surface area contributed by atoms with Crippen molar-refractivity contribution in [2.24, 2.45) is 0 Å². The van der Waals surface area contributed by atoms with E-state index in [1.54, 1.807) is 49.6 Å². The zero-order chi connectivity index (χ0) is 20.9. The van der Waals surface area contributed by atoms with E-state index in [0.29, 0.717) is 45.3 Å². The van der Waals surface area contributed by atoms with E-state index in [1.165, 1.54) is 0 Å². The van der Waals surface area contributed by atoms with Crippen LogP contribution in [0.4, 0.5) is 0 Å². The van der Waals surface area contributed by atoms with Gasteiger partial charge in [-0.2, -0.15) is 0 Å². The minimum atomic E-state index is -1.19. The summed E-state index contributed by atoms with van der Waals surface area (Å²) in [5.74, 6) is 0.286. The lowest BCUT2D eigenvalue weighted by molar-refractivity contribution is -0.139. The van der Waals surface area contributed by atoms with Crippen LogP contribution >= 0.6 is 0 Å². The third-order valence-corrected chi connectivity index (χ3v) is 5.25. The van der Waals surface area contributed by atoms with Crippen LogP contribution in [0.3, 0.4) is 0 Å². The van der Waals surface area contributed by atoms with Gasteiger partial charge in [0.25, 0.3) is 0 Å². The number of aliphatic carboxylic acids is 1. The molecule has 2 heterocycles. The molecule has 7 heteroatoms. The third-order valence-electron chi connectivity index (χ3n) is 5.25. The average Bonchev–Trinajstić information content (AvgIpc) is 3.05. The highest BCUT2D eigenvalue weighted by Crippen LogP contribution is 2.56. The van der Waals surface area contributed by atoms with Crippen LogP contribution in [0.2, 0.25) is 0 Å². The van der Waals surface area contributed by atoms with Crippen molar-refractivity contribution in [2.75, 3.05) is 13.7 Å². The van der Waals surface area contributed by atoms with Crippen LogP contribution in [0.15, 0.2) is 60.7 Å². The molecule has 30 heavy (non-hydrogen) atoms. The molecule has 5 rings (SSSR count). The van der Waals surface area contributed by atoms with Gasteiger partial charge in [0.2, 0.25) is 0 Å². The lowest BCUT2D eigenvalue weighted by Crippen LogP contribution is -2.33. The number of methoxy groups -OCH3 is 1. The fourth-order valence-electron chi connectivity index (χ4n) is 4.00. The van der Waals surface area contributed by atoms with Crippen molar-refractivity contribution in [1.82, 2.24) is 0 Å². The Labute approximate surface area is 171 Å². The molecule has 0 aromatic heterocycles. The first-order valence-corrected chi connectivity index (χ1v) is 9.21. The number of hydrogen-bond donors (Lipinski definition) is 1. The van der Waals surface area contributed by atoms with E-state index in [-0.39, 0.29) is 0 Å². The zero-order valence-electron chi connectivity index (χ0n) is 15.9. The first kappa shape index (κ1) is 18.1. The summed E-state index contributed by atoms with van der Waals surface area (Å²) < 4.78 is 22.8. The van der Waals surface area contributed by atoms with Gasteiger partial charge >= 0.3 is 11.9 Å². The van der Waals surface area contributed by atoms with Crippen LogP contribution < -0.4 is 14.2 Å².